The number of tetrazole rings is 4. The van der Waals surface area contributed by atoms with E-state index in [0.717, 1.165) is 0 Å². The molecule has 0 atom stereocenters. The summed E-state index contributed by atoms with van der Waals surface area (Å²) in [5.41, 5.74) is 0.222. The average molecular weight is 530 g/mol. The van der Waals surface area contributed by atoms with Crippen LogP contribution in [0, 0.1) is 35.6 Å². The van der Waals surface area contributed by atoms with Crippen molar-refractivity contribution < 1.29 is 63.0 Å². The van der Waals surface area contributed by atoms with E-state index in [1.807, 2.05) is 0 Å². The van der Waals surface area contributed by atoms with E-state index in [4.69, 9.17) is 0 Å². The monoisotopic (exact) mass is 530 g/mol. The Hall–Kier alpha value is -2.93. The minimum absolute atomic E-state index is 0. The molecule has 4 aromatic heterocycles. The smallest absolute Gasteiger partial charge is 0.112 e. The summed E-state index contributed by atoms with van der Waals surface area (Å²) < 4.78 is 0. The van der Waals surface area contributed by atoms with Crippen LogP contribution in [0.25, 0.3) is 0 Å². The Kier molecular flexibility index (Phi) is 20.4. The molecule has 1 radical (unpaired) electrons. The number of hydrogen-bond donors (Lipinski definition) is 1. The Balaban J connectivity index is -0.000000169. The number of nitrogens with zero attached hydrogens (tertiary/aromatic N) is 16. The van der Waals surface area contributed by atoms with Gasteiger partial charge in [-0.2, -0.15) is 15.6 Å². The molecule has 4 heterocycles. The van der Waals surface area contributed by atoms with Gasteiger partial charge in [-0.25, -0.2) is 15.4 Å². The number of aromatic amines is 1. The normalized spacial score (nSPS) is 8.79. The quantitative estimate of drug-likeness (QED) is 0.257. The average Bonchev–Trinajstić information content (AvgIpc) is 3.31. The Bertz CT molecular complexity index is 775. The predicted octanol–water partition coefficient (Wildman–Crippen LogP) is -9.43. The number of rotatable bonds is 3. The summed E-state index contributed by atoms with van der Waals surface area (Å²) in [4.78, 5) is 3.72. The standard InChI is InChI=1S/C3H2N8.C2HN9.La.5H2O/c1(2-4-8-9-5-2)3-6-10-11-7-3;3(1-4-8-9-5-1)2-6-10-11-7-2;;;;;;/h1H2;(H-2,3,4,5,6,7,8,9,10,11);;5*1H2/q2*-2;;;;;;. The molecule has 22 nitrogen and oxygen atoms in total. The second-order valence-electron chi connectivity index (χ2n) is 3.28. The van der Waals surface area contributed by atoms with Crippen LogP contribution in [0.5, 0.6) is 0 Å². The van der Waals surface area contributed by atoms with E-state index >= 15 is 0 Å². The van der Waals surface area contributed by atoms with E-state index in [0.29, 0.717) is 18.1 Å². The van der Waals surface area contributed by atoms with Gasteiger partial charge < -0.3 is 47.7 Å². The van der Waals surface area contributed by atoms with Crippen LogP contribution in [0.15, 0.2) is 4.99 Å². The fourth-order valence-electron chi connectivity index (χ4n) is 1.09. The van der Waals surface area contributed by atoms with Crippen LogP contribution in [0.1, 0.15) is 11.6 Å². The first-order valence-electron chi connectivity index (χ1n) is 5.39. The number of hydrogen-bond acceptors (Lipinski definition) is 12. The molecular formula is C5H13LaN17O5-4. The zero-order valence-corrected chi connectivity index (χ0v) is 17.1. The molecule has 0 amide bonds. The summed E-state index contributed by atoms with van der Waals surface area (Å²) in [5, 5.41) is 53.3. The molecule has 11 N–H and O–H groups in total. The molecule has 0 saturated carbocycles. The van der Waals surface area contributed by atoms with E-state index in [9.17, 15) is 0 Å². The van der Waals surface area contributed by atoms with Gasteiger partial charge in [0, 0.05) is 53.7 Å². The van der Waals surface area contributed by atoms with Crippen LogP contribution in [-0.4, -0.2) is 89.5 Å². The van der Waals surface area contributed by atoms with Gasteiger partial charge in [0.25, 0.3) is 0 Å². The van der Waals surface area contributed by atoms with Crippen molar-refractivity contribution in [2.45, 2.75) is 6.42 Å². The van der Waals surface area contributed by atoms with Crippen molar-refractivity contribution in [2.75, 3.05) is 0 Å². The minimum atomic E-state index is 0. The van der Waals surface area contributed by atoms with Gasteiger partial charge in [0.15, 0.2) is 0 Å². The molecule has 4 rings (SSSR count). The van der Waals surface area contributed by atoms with E-state index in [-0.39, 0.29) is 74.5 Å². The molecule has 0 spiro atoms. The van der Waals surface area contributed by atoms with Crippen molar-refractivity contribution >= 4 is 5.95 Å². The number of aromatic nitrogens is 16. The van der Waals surface area contributed by atoms with Crippen molar-refractivity contribution in [3.05, 3.63) is 17.3 Å². The Morgan fingerprint density at radius 2 is 1.21 bits per heavy atom. The molecule has 0 aromatic carbocycles. The van der Waals surface area contributed by atoms with Crippen molar-refractivity contribution in [1.29, 1.82) is 0 Å². The third kappa shape index (κ3) is 10.3. The minimum Gasteiger partial charge on any atom is -0.412 e. The zero-order valence-electron chi connectivity index (χ0n) is 13.4. The summed E-state index contributed by atoms with van der Waals surface area (Å²) in [7, 11) is 0. The molecule has 0 unspecified atom stereocenters. The largest absolute Gasteiger partial charge is 0.412 e. The molecule has 0 bridgehead atoms. The maximum atomic E-state index is 3.72. The van der Waals surface area contributed by atoms with Gasteiger partial charge in [-0.05, 0) is 0 Å². The van der Waals surface area contributed by atoms with E-state index < -0.39 is 0 Å². The maximum Gasteiger partial charge on any atom is 0.112 e. The Labute approximate surface area is 179 Å². The summed E-state index contributed by atoms with van der Waals surface area (Å²) in [6, 6.07) is 0. The Morgan fingerprint density at radius 3 is 1.61 bits per heavy atom. The molecule has 23 heteroatoms. The molecule has 0 saturated heterocycles. The molecule has 0 aliphatic heterocycles. The van der Waals surface area contributed by atoms with Crippen LogP contribution < -0.4 is 26.0 Å². The van der Waals surface area contributed by atoms with Crippen LogP contribution in [0.2, 0.25) is 0 Å². The van der Waals surface area contributed by atoms with Gasteiger partial charge in [-0.1, -0.05) is 0 Å². The first-order valence-corrected chi connectivity index (χ1v) is 5.39. The van der Waals surface area contributed by atoms with Gasteiger partial charge in [0.1, 0.15) is 5.95 Å². The van der Waals surface area contributed by atoms with E-state index in [1.165, 1.54) is 0 Å². The SMILES string of the molecule is C(c1nnn[n-]1)c1nnn[n-]1.N(c1nnn[n-]1)=c1[n-]nn[nH]1.O.O.O.O.O.[La]. The van der Waals surface area contributed by atoms with Crippen molar-refractivity contribution in [1.82, 2.24) is 82.5 Å². The van der Waals surface area contributed by atoms with Crippen LogP contribution in [0.4, 0.5) is 5.95 Å². The first-order chi connectivity index (χ1) is 10.9. The number of nitrogens with one attached hydrogen (secondary N) is 1. The second-order valence-corrected chi connectivity index (χ2v) is 3.28. The fraction of sp³-hybridized carbons (Fsp3) is 0.200. The molecule has 0 fully saturated rings. The predicted molar refractivity (Wildman–Crippen MR) is 75.2 cm³/mol. The van der Waals surface area contributed by atoms with Crippen LogP contribution in [0.3, 0.4) is 0 Å². The molecule has 28 heavy (non-hydrogen) atoms. The summed E-state index contributed by atoms with van der Waals surface area (Å²) in [5.74, 6) is 1.07. The van der Waals surface area contributed by atoms with Crippen molar-refractivity contribution in [3.63, 3.8) is 0 Å². The Morgan fingerprint density at radius 1 is 0.679 bits per heavy atom. The van der Waals surface area contributed by atoms with Gasteiger partial charge >= 0.3 is 0 Å². The third-order valence-corrected chi connectivity index (χ3v) is 1.89. The van der Waals surface area contributed by atoms with Gasteiger partial charge in [-0.3, -0.25) is 25.7 Å². The number of H-pyrrole nitrogens is 1. The summed E-state index contributed by atoms with van der Waals surface area (Å²) >= 11 is 0. The maximum absolute atomic E-state index is 3.72. The van der Waals surface area contributed by atoms with E-state index in [1.54, 1.807) is 0 Å². The topological polar surface area (TPSA) is 384 Å². The molecular weight excluding hydrogens is 517 g/mol. The van der Waals surface area contributed by atoms with Crippen molar-refractivity contribution in [3.8, 4) is 0 Å². The zero-order chi connectivity index (χ0) is 15.0. The van der Waals surface area contributed by atoms with Gasteiger partial charge in [0.05, 0.1) is 5.62 Å². The van der Waals surface area contributed by atoms with Gasteiger partial charge in [0.2, 0.25) is 0 Å². The second kappa shape index (κ2) is 17.5. The fourth-order valence-corrected chi connectivity index (χ4v) is 1.09. The molecule has 155 valence electrons. The van der Waals surface area contributed by atoms with Gasteiger partial charge in [-0.15, -0.1) is 10.4 Å². The molecule has 4 aromatic rings. The van der Waals surface area contributed by atoms with Crippen molar-refractivity contribution in [2.24, 2.45) is 4.99 Å². The summed E-state index contributed by atoms with van der Waals surface area (Å²) in [6.45, 7) is 0. The first kappa shape index (κ1) is 32.7. The molecule has 0 aliphatic carbocycles. The molecule has 0 aliphatic rings. The summed E-state index contributed by atoms with van der Waals surface area (Å²) in [6.07, 6.45) is 0.375. The third-order valence-electron chi connectivity index (χ3n) is 1.89. The van der Waals surface area contributed by atoms with E-state index in [2.05, 4.69) is 87.5 Å². The van der Waals surface area contributed by atoms with Crippen LogP contribution in [-0.2, 0) is 6.42 Å². The van der Waals surface area contributed by atoms with Crippen LogP contribution >= 0.6 is 0 Å².